The minimum absolute atomic E-state index is 0.335. The van der Waals surface area contributed by atoms with Crippen LogP contribution in [0.25, 0.3) is 0 Å². The summed E-state index contributed by atoms with van der Waals surface area (Å²) in [6.45, 7) is 0. The van der Waals surface area contributed by atoms with Crippen LogP contribution in [0.2, 0.25) is 0 Å². The minimum atomic E-state index is 0.335. The number of benzene rings is 2. The van der Waals surface area contributed by atoms with Gasteiger partial charge in [-0.05, 0) is 11.1 Å². The van der Waals surface area contributed by atoms with Gasteiger partial charge in [-0.1, -0.05) is 60.7 Å². The first-order chi connectivity index (χ1) is 11.9. The molecule has 2 aliphatic rings. The Hall–Kier alpha value is -1.52. The normalized spacial score (nSPS) is 23.2. The SMILES string of the molecule is c1ccc([C@H]2CSC(CCC3=N[C@@H](c4ccccc4)CS3)=N2)cc1. The maximum Gasteiger partial charge on any atom is 0.0852 e. The summed E-state index contributed by atoms with van der Waals surface area (Å²) < 4.78 is 0. The highest BCUT2D eigenvalue weighted by atomic mass is 32.2. The summed E-state index contributed by atoms with van der Waals surface area (Å²) >= 11 is 3.82. The van der Waals surface area contributed by atoms with Gasteiger partial charge in [-0.3, -0.25) is 9.98 Å². The molecule has 2 heterocycles. The second-order valence-corrected chi connectivity index (χ2v) is 8.21. The van der Waals surface area contributed by atoms with Crippen LogP contribution < -0.4 is 0 Å². The number of hydrogen-bond donors (Lipinski definition) is 0. The highest BCUT2D eigenvalue weighted by Gasteiger charge is 2.22. The van der Waals surface area contributed by atoms with Gasteiger partial charge in [-0.2, -0.15) is 0 Å². The third-order valence-corrected chi connectivity index (χ3v) is 6.59. The van der Waals surface area contributed by atoms with E-state index in [2.05, 4.69) is 60.7 Å². The van der Waals surface area contributed by atoms with Gasteiger partial charge in [0.05, 0.1) is 22.2 Å². The van der Waals surface area contributed by atoms with Crippen molar-refractivity contribution in [3.05, 3.63) is 71.8 Å². The van der Waals surface area contributed by atoms with Gasteiger partial charge in [0.1, 0.15) is 0 Å². The highest BCUT2D eigenvalue weighted by Crippen LogP contribution is 2.35. The van der Waals surface area contributed by atoms with Crippen molar-refractivity contribution in [2.24, 2.45) is 9.98 Å². The van der Waals surface area contributed by atoms with Crippen molar-refractivity contribution < 1.29 is 0 Å². The predicted octanol–water partition coefficient (Wildman–Crippen LogP) is 5.54. The quantitative estimate of drug-likeness (QED) is 0.706. The van der Waals surface area contributed by atoms with Crippen molar-refractivity contribution in [1.82, 2.24) is 0 Å². The van der Waals surface area contributed by atoms with Crippen LogP contribution in [-0.2, 0) is 0 Å². The lowest BCUT2D eigenvalue weighted by Crippen LogP contribution is -1.95. The molecular formula is C20H20N2S2. The first kappa shape index (κ1) is 16.0. The molecule has 0 radical (unpaired) electrons. The fourth-order valence-corrected chi connectivity index (χ4v) is 5.16. The average molecular weight is 353 g/mol. The Morgan fingerprint density at radius 1 is 0.667 bits per heavy atom. The zero-order valence-corrected chi connectivity index (χ0v) is 15.1. The fourth-order valence-electron chi connectivity index (χ4n) is 3.03. The molecule has 0 saturated carbocycles. The number of thioether (sulfide) groups is 2. The Balaban J connectivity index is 1.34. The molecule has 0 aromatic heterocycles. The van der Waals surface area contributed by atoms with E-state index in [4.69, 9.17) is 9.98 Å². The zero-order chi connectivity index (χ0) is 16.2. The van der Waals surface area contributed by atoms with E-state index in [1.807, 2.05) is 23.5 Å². The molecule has 24 heavy (non-hydrogen) atoms. The van der Waals surface area contributed by atoms with Crippen LogP contribution in [0.15, 0.2) is 70.6 Å². The largest absolute Gasteiger partial charge is 0.274 e. The molecule has 4 heteroatoms. The number of aliphatic imine (C=N–C) groups is 2. The second-order valence-electron chi connectivity index (χ2n) is 6.02. The van der Waals surface area contributed by atoms with E-state index in [0.29, 0.717) is 12.1 Å². The summed E-state index contributed by atoms with van der Waals surface area (Å²) in [5.41, 5.74) is 2.66. The lowest BCUT2D eigenvalue weighted by atomic mass is 10.1. The van der Waals surface area contributed by atoms with Gasteiger partial charge in [0.25, 0.3) is 0 Å². The monoisotopic (exact) mass is 352 g/mol. The van der Waals surface area contributed by atoms with Crippen molar-refractivity contribution in [2.45, 2.75) is 24.9 Å². The van der Waals surface area contributed by atoms with Gasteiger partial charge in [0.2, 0.25) is 0 Å². The van der Waals surface area contributed by atoms with Crippen LogP contribution >= 0.6 is 23.5 Å². The molecule has 0 fully saturated rings. The molecule has 2 aliphatic heterocycles. The molecule has 0 N–H and O–H groups in total. The Morgan fingerprint density at radius 2 is 1.08 bits per heavy atom. The van der Waals surface area contributed by atoms with E-state index in [1.165, 1.54) is 21.2 Å². The van der Waals surface area contributed by atoms with E-state index >= 15 is 0 Å². The fraction of sp³-hybridized carbons (Fsp3) is 0.300. The summed E-state index contributed by atoms with van der Waals surface area (Å²) in [7, 11) is 0. The van der Waals surface area contributed by atoms with Crippen LogP contribution in [-0.4, -0.2) is 21.6 Å². The number of nitrogens with zero attached hydrogens (tertiary/aromatic N) is 2. The van der Waals surface area contributed by atoms with Crippen LogP contribution in [0.4, 0.5) is 0 Å². The third kappa shape index (κ3) is 3.76. The molecule has 0 bridgehead atoms. The molecule has 4 rings (SSSR count). The smallest absolute Gasteiger partial charge is 0.0852 e. The molecular weight excluding hydrogens is 332 g/mol. The van der Waals surface area contributed by atoms with Crippen molar-refractivity contribution in [2.75, 3.05) is 11.5 Å². The molecule has 2 aromatic rings. The average Bonchev–Trinajstić information content (AvgIpc) is 3.31. The first-order valence-electron chi connectivity index (χ1n) is 8.37. The minimum Gasteiger partial charge on any atom is -0.274 e. The van der Waals surface area contributed by atoms with Crippen LogP contribution in [0, 0.1) is 0 Å². The van der Waals surface area contributed by atoms with E-state index in [0.717, 1.165) is 24.3 Å². The first-order valence-corrected chi connectivity index (χ1v) is 10.3. The van der Waals surface area contributed by atoms with Crippen molar-refractivity contribution in [3.63, 3.8) is 0 Å². The van der Waals surface area contributed by atoms with Gasteiger partial charge < -0.3 is 0 Å². The van der Waals surface area contributed by atoms with Gasteiger partial charge in [0, 0.05) is 24.3 Å². The van der Waals surface area contributed by atoms with E-state index in [-0.39, 0.29) is 0 Å². The summed E-state index contributed by atoms with van der Waals surface area (Å²) in [6.07, 6.45) is 2.06. The van der Waals surface area contributed by atoms with E-state index < -0.39 is 0 Å². The molecule has 2 atom stereocenters. The summed E-state index contributed by atoms with van der Waals surface area (Å²) in [5.74, 6) is 2.15. The zero-order valence-electron chi connectivity index (χ0n) is 13.5. The van der Waals surface area contributed by atoms with E-state index in [9.17, 15) is 0 Å². The second kappa shape index (κ2) is 7.58. The molecule has 0 aliphatic carbocycles. The number of hydrogen-bond acceptors (Lipinski definition) is 4. The van der Waals surface area contributed by atoms with Crippen molar-refractivity contribution in [3.8, 4) is 0 Å². The molecule has 2 nitrogen and oxygen atoms in total. The Kier molecular flexibility index (Phi) is 5.04. The van der Waals surface area contributed by atoms with Gasteiger partial charge >= 0.3 is 0 Å². The van der Waals surface area contributed by atoms with Crippen LogP contribution in [0.3, 0.4) is 0 Å². The Labute approximate surface area is 151 Å². The molecule has 0 amide bonds. The Bertz CT molecular complexity index is 675. The summed E-state index contributed by atoms with van der Waals surface area (Å²) in [4.78, 5) is 9.82. The van der Waals surface area contributed by atoms with Gasteiger partial charge in [-0.25, -0.2) is 0 Å². The topological polar surface area (TPSA) is 24.7 Å². The standard InChI is InChI=1S/C20H20N2S2/c1-3-7-15(8-4-1)17-13-23-19(21-17)11-12-20-22-18(14-24-20)16-9-5-2-6-10-16/h1-10,17-18H,11-14H2/t17-,18-/m1/s1. The molecule has 2 aromatic carbocycles. The Morgan fingerprint density at radius 3 is 1.50 bits per heavy atom. The van der Waals surface area contributed by atoms with Gasteiger partial charge in [-0.15, -0.1) is 23.5 Å². The third-order valence-electron chi connectivity index (χ3n) is 4.34. The summed E-state index contributed by atoms with van der Waals surface area (Å²) in [5, 5.41) is 2.57. The molecule has 0 unspecified atom stereocenters. The maximum atomic E-state index is 4.91. The lowest BCUT2D eigenvalue weighted by Gasteiger charge is -2.04. The lowest BCUT2D eigenvalue weighted by molar-refractivity contribution is 0.841. The maximum absolute atomic E-state index is 4.91. The van der Waals surface area contributed by atoms with Crippen molar-refractivity contribution in [1.29, 1.82) is 0 Å². The molecule has 122 valence electrons. The molecule has 0 saturated heterocycles. The predicted molar refractivity (Wildman–Crippen MR) is 107 cm³/mol. The highest BCUT2D eigenvalue weighted by molar-refractivity contribution is 8.14. The van der Waals surface area contributed by atoms with Gasteiger partial charge in [0.15, 0.2) is 0 Å². The van der Waals surface area contributed by atoms with Crippen LogP contribution in [0.5, 0.6) is 0 Å². The van der Waals surface area contributed by atoms with Crippen molar-refractivity contribution >= 4 is 33.6 Å². The van der Waals surface area contributed by atoms with Crippen LogP contribution in [0.1, 0.15) is 36.1 Å². The molecule has 0 spiro atoms. The number of rotatable bonds is 5. The van der Waals surface area contributed by atoms with E-state index in [1.54, 1.807) is 0 Å². The summed E-state index contributed by atoms with van der Waals surface area (Å²) in [6, 6.07) is 21.9.